The van der Waals surface area contributed by atoms with Gasteiger partial charge in [0.2, 0.25) is 5.91 Å². The van der Waals surface area contributed by atoms with Gasteiger partial charge >= 0.3 is 0 Å². The molecule has 0 spiro atoms. The van der Waals surface area contributed by atoms with E-state index in [-0.39, 0.29) is 17.7 Å². The molecular formula is C36H34ClN3O2. The molecule has 0 fully saturated rings. The van der Waals surface area contributed by atoms with Gasteiger partial charge in [-0.25, -0.2) is 0 Å². The number of hydrogen-bond donors (Lipinski definition) is 2. The molecule has 6 rings (SSSR count). The van der Waals surface area contributed by atoms with Crippen LogP contribution in [0.3, 0.4) is 0 Å². The molecule has 2 heterocycles. The first kappa shape index (κ1) is 27.8. The van der Waals surface area contributed by atoms with Crippen molar-refractivity contribution in [3.63, 3.8) is 0 Å². The van der Waals surface area contributed by atoms with Crippen LogP contribution < -0.4 is 5.32 Å². The number of nitrogens with one attached hydrogen (secondary N) is 2. The van der Waals surface area contributed by atoms with E-state index in [0.717, 1.165) is 38.9 Å². The van der Waals surface area contributed by atoms with Crippen LogP contribution in [0, 0.1) is 19.8 Å². The third-order valence-corrected chi connectivity index (χ3v) is 8.54. The van der Waals surface area contributed by atoms with Crippen molar-refractivity contribution < 1.29 is 9.59 Å². The summed E-state index contributed by atoms with van der Waals surface area (Å²) in [6.45, 7) is 8.15. The minimum Gasteiger partial charge on any atom is -0.354 e. The highest BCUT2D eigenvalue weighted by Gasteiger charge is 2.45. The first-order valence-corrected chi connectivity index (χ1v) is 14.8. The van der Waals surface area contributed by atoms with Gasteiger partial charge in [0, 0.05) is 32.7 Å². The summed E-state index contributed by atoms with van der Waals surface area (Å²) < 4.78 is 0. The van der Waals surface area contributed by atoms with Gasteiger partial charge in [0.25, 0.3) is 5.91 Å². The largest absolute Gasteiger partial charge is 0.354 e. The topological polar surface area (TPSA) is 65.2 Å². The van der Waals surface area contributed by atoms with Gasteiger partial charge in [-0.05, 0) is 67.1 Å². The summed E-state index contributed by atoms with van der Waals surface area (Å²) in [5.41, 5.74) is 8.20. The standard InChI is InChI=1S/C36H34ClN3O2/c1-21(2)19-31(35(41)38-25-18-15-23(4)29(37)20-25)40-34(26-9-5-6-10-27(26)36(40)42)32-28-11-7-8-12-30(28)39-33(32)24-16-13-22(3)14-17-24/h5-18,20-21,31,34,39H,19H2,1-4H3,(H,38,41). The fourth-order valence-electron chi connectivity index (χ4n) is 6.04. The van der Waals surface area contributed by atoms with E-state index in [2.05, 4.69) is 67.5 Å². The van der Waals surface area contributed by atoms with Crippen LogP contribution in [0.25, 0.3) is 22.2 Å². The van der Waals surface area contributed by atoms with Gasteiger partial charge in [-0.3, -0.25) is 9.59 Å². The second-order valence-corrected chi connectivity index (χ2v) is 12.0. The van der Waals surface area contributed by atoms with E-state index >= 15 is 0 Å². The van der Waals surface area contributed by atoms with Gasteiger partial charge < -0.3 is 15.2 Å². The molecule has 0 radical (unpaired) electrons. The molecule has 2 atom stereocenters. The highest BCUT2D eigenvalue weighted by atomic mass is 35.5. The molecule has 212 valence electrons. The summed E-state index contributed by atoms with van der Waals surface area (Å²) in [4.78, 5) is 33.9. The van der Waals surface area contributed by atoms with Crippen LogP contribution in [0.5, 0.6) is 0 Å². The first-order chi connectivity index (χ1) is 20.2. The highest BCUT2D eigenvalue weighted by Crippen LogP contribution is 2.47. The van der Waals surface area contributed by atoms with Crippen molar-refractivity contribution in [3.8, 4) is 11.3 Å². The number of hydrogen-bond acceptors (Lipinski definition) is 2. The zero-order chi connectivity index (χ0) is 29.5. The fraction of sp³-hybridized carbons (Fsp3) is 0.222. The number of aromatic nitrogens is 1. The molecule has 0 saturated carbocycles. The summed E-state index contributed by atoms with van der Waals surface area (Å²) in [6.07, 6.45) is 0.504. The highest BCUT2D eigenvalue weighted by molar-refractivity contribution is 6.31. The number of H-pyrrole nitrogens is 1. The maximum absolute atomic E-state index is 14.3. The van der Waals surface area contributed by atoms with Crippen LogP contribution in [0.1, 0.15) is 58.9 Å². The van der Waals surface area contributed by atoms with Crippen molar-refractivity contribution in [3.05, 3.63) is 124 Å². The zero-order valence-corrected chi connectivity index (χ0v) is 25.0. The second-order valence-electron chi connectivity index (χ2n) is 11.6. The number of carbonyl (C=O) groups is 2. The Kier molecular flexibility index (Phi) is 7.38. The molecule has 0 bridgehead atoms. The van der Waals surface area contributed by atoms with Crippen LogP contribution in [0.4, 0.5) is 5.69 Å². The Morgan fingerprint density at radius 2 is 1.67 bits per heavy atom. The fourth-order valence-corrected chi connectivity index (χ4v) is 6.22. The van der Waals surface area contributed by atoms with Gasteiger partial charge in [-0.2, -0.15) is 0 Å². The Labute approximate surface area is 251 Å². The van der Waals surface area contributed by atoms with E-state index in [9.17, 15) is 9.59 Å². The average Bonchev–Trinajstić information content (AvgIpc) is 3.49. The van der Waals surface area contributed by atoms with Gasteiger partial charge in [-0.1, -0.05) is 97.7 Å². The summed E-state index contributed by atoms with van der Waals surface area (Å²) in [5, 5.41) is 4.68. The number of nitrogens with zero attached hydrogens (tertiary/aromatic N) is 1. The van der Waals surface area contributed by atoms with Crippen molar-refractivity contribution >= 4 is 40.0 Å². The monoisotopic (exact) mass is 575 g/mol. The van der Waals surface area contributed by atoms with E-state index < -0.39 is 12.1 Å². The molecule has 2 unspecified atom stereocenters. The van der Waals surface area contributed by atoms with E-state index in [1.807, 2.05) is 60.4 Å². The van der Waals surface area contributed by atoms with Gasteiger partial charge in [-0.15, -0.1) is 0 Å². The van der Waals surface area contributed by atoms with Gasteiger partial charge in [0.15, 0.2) is 0 Å². The van der Waals surface area contributed by atoms with E-state index in [1.165, 1.54) is 5.56 Å². The molecule has 4 aromatic carbocycles. The number of carbonyl (C=O) groups excluding carboxylic acids is 2. The number of amides is 2. The Bertz CT molecular complexity index is 1800. The normalized spacial score (nSPS) is 15.3. The minimum absolute atomic E-state index is 0.140. The summed E-state index contributed by atoms with van der Waals surface area (Å²) in [5.74, 6) is -0.205. The number of aryl methyl sites for hydroxylation is 2. The third-order valence-electron chi connectivity index (χ3n) is 8.13. The number of rotatable bonds is 7. The SMILES string of the molecule is Cc1ccc(-c2[nH]c3ccccc3c2C2c3ccccc3C(=O)N2C(CC(C)C)C(=O)Nc2ccc(C)c(Cl)c2)cc1. The number of halogens is 1. The maximum Gasteiger partial charge on any atom is 0.255 e. The second kappa shape index (κ2) is 11.1. The van der Waals surface area contributed by atoms with E-state index in [1.54, 1.807) is 6.07 Å². The molecule has 6 heteroatoms. The summed E-state index contributed by atoms with van der Waals surface area (Å²) in [7, 11) is 0. The Morgan fingerprint density at radius 1 is 0.952 bits per heavy atom. The van der Waals surface area contributed by atoms with Crippen molar-refractivity contribution in [2.45, 2.75) is 46.2 Å². The summed E-state index contributed by atoms with van der Waals surface area (Å²) >= 11 is 6.38. The van der Waals surface area contributed by atoms with Crippen LogP contribution >= 0.6 is 11.6 Å². The van der Waals surface area contributed by atoms with Crippen LogP contribution in [0.15, 0.2) is 91.0 Å². The van der Waals surface area contributed by atoms with Crippen LogP contribution in [-0.4, -0.2) is 27.7 Å². The molecule has 1 aliphatic heterocycles. The van der Waals surface area contributed by atoms with E-state index in [4.69, 9.17) is 11.6 Å². The molecule has 0 saturated heterocycles. The quantitative estimate of drug-likeness (QED) is 0.204. The lowest BCUT2D eigenvalue weighted by Crippen LogP contribution is -2.47. The molecule has 42 heavy (non-hydrogen) atoms. The number of aromatic amines is 1. The number of benzene rings is 4. The van der Waals surface area contributed by atoms with Gasteiger partial charge in [0.1, 0.15) is 6.04 Å². The Morgan fingerprint density at radius 3 is 2.40 bits per heavy atom. The van der Waals surface area contributed by atoms with Crippen molar-refractivity contribution in [2.24, 2.45) is 5.92 Å². The van der Waals surface area contributed by atoms with Crippen LogP contribution in [-0.2, 0) is 4.79 Å². The van der Waals surface area contributed by atoms with Crippen LogP contribution in [0.2, 0.25) is 5.02 Å². The minimum atomic E-state index is -0.713. The van der Waals surface area contributed by atoms with E-state index in [0.29, 0.717) is 22.7 Å². The predicted molar refractivity (Wildman–Crippen MR) is 171 cm³/mol. The van der Waals surface area contributed by atoms with Crippen molar-refractivity contribution in [1.82, 2.24) is 9.88 Å². The number of anilines is 1. The third kappa shape index (κ3) is 4.99. The molecule has 1 aromatic heterocycles. The van der Waals surface area contributed by atoms with Gasteiger partial charge in [0.05, 0.1) is 11.7 Å². The average molecular weight is 576 g/mol. The zero-order valence-electron chi connectivity index (χ0n) is 24.2. The lowest BCUT2D eigenvalue weighted by Gasteiger charge is -2.34. The Balaban J connectivity index is 1.54. The van der Waals surface area contributed by atoms with Crippen molar-refractivity contribution in [2.75, 3.05) is 5.32 Å². The lowest BCUT2D eigenvalue weighted by atomic mass is 9.91. The maximum atomic E-state index is 14.3. The predicted octanol–water partition coefficient (Wildman–Crippen LogP) is 8.70. The molecule has 2 amide bonds. The lowest BCUT2D eigenvalue weighted by molar-refractivity contribution is -0.121. The molecule has 5 nitrogen and oxygen atoms in total. The summed E-state index contributed by atoms with van der Waals surface area (Å²) in [6, 6.07) is 28.6. The molecule has 2 N–H and O–H groups in total. The Hall–Kier alpha value is -4.35. The molecule has 0 aliphatic carbocycles. The number of fused-ring (bicyclic) bond motifs is 2. The molecule has 5 aromatic rings. The van der Waals surface area contributed by atoms with Crippen molar-refractivity contribution in [1.29, 1.82) is 0 Å². The first-order valence-electron chi connectivity index (χ1n) is 14.4. The molecule has 1 aliphatic rings. The smallest absolute Gasteiger partial charge is 0.255 e. The molecular weight excluding hydrogens is 542 g/mol. The number of para-hydroxylation sites is 1.